The zero-order valence-electron chi connectivity index (χ0n) is 8.00. The molecule has 2 saturated carbocycles. The first-order chi connectivity index (χ1) is 6.83. The number of hydrogen-bond donors (Lipinski definition) is 1. The molecule has 1 N–H and O–H groups in total. The topological polar surface area (TPSA) is 25.2 Å². The van der Waals surface area contributed by atoms with Gasteiger partial charge >= 0.3 is 0 Å². The fraction of sp³-hybridized carbons (Fsp3) is 0.636. The van der Waals surface area contributed by atoms with Crippen LogP contribution in [0.15, 0.2) is 21.2 Å². The van der Waals surface area contributed by atoms with Gasteiger partial charge < -0.3 is 9.73 Å². The third kappa shape index (κ3) is 1.89. The van der Waals surface area contributed by atoms with Gasteiger partial charge in [0, 0.05) is 12.0 Å². The van der Waals surface area contributed by atoms with E-state index in [1.165, 1.54) is 25.8 Å². The molecule has 2 aliphatic carbocycles. The quantitative estimate of drug-likeness (QED) is 0.896. The summed E-state index contributed by atoms with van der Waals surface area (Å²) in [4.78, 5) is 0. The molecule has 2 fully saturated rings. The molecule has 2 unspecified atom stereocenters. The fourth-order valence-corrected chi connectivity index (χ4v) is 2.27. The van der Waals surface area contributed by atoms with Crippen molar-refractivity contribution >= 4 is 15.9 Å². The number of furan rings is 1. The highest BCUT2D eigenvalue weighted by Crippen LogP contribution is 2.48. The van der Waals surface area contributed by atoms with Crippen molar-refractivity contribution in [3.8, 4) is 0 Å². The summed E-state index contributed by atoms with van der Waals surface area (Å²) in [6.07, 6.45) is 4.05. The van der Waals surface area contributed by atoms with Crippen molar-refractivity contribution in [1.29, 1.82) is 0 Å². The van der Waals surface area contributed by atoms with Gasteiger partial charge in [-0.25, -0.2) is 0 Å². The van der Waals surface area contributed by atoms with Gasteiger partial charge in [0.2, 0.25) is 0 Å². The highest BCUT2D eigenvalue weighted by atomic mass is 79.9. The summed E-state index contributed by atoms with van der Waals surface area (Å²) in [5.41, 5.74) is 0. The molecule has 14 heavy (non-hydrogen) atoms. The molecule has 0 spiro atoms. The van der Waals surface area contributed by atoms with E-state index in [2.05, 4.69) is 27.3 Å². The van der Waals surface area contributed by atoms with E-state index in [0.717, 1.165) is 22.4 Å². The lowest BCUT2D eigenvalue weighted by Crippen LogP contribution is -2.19. The second-order valence-corrected chi connectivity index (χ2v) is 5.21. The number of nitrogens with one attached hydrogen (secondary N) is 1. The SMILES string of the molecule is Brc1ccc(C2CC2CNC2CC2)o1. The Morgan fingerprint density at radius 3 is 2.93 bits per heavy atom. The van der Waals surface area contributed by atoms with Crippen molar-refractivity contribution in [1.82, 2.24) is 5.32 Å². The molecule has 1 aromatic heterocycles. The van der Waals surface area contributed by atoms with Crippen molar-refractivity contribution in [2.75, 3.05) is 6.54 Å². The van der Waals surface area contributed by atoms with E-state index in [4.69, 9.17) is 4.42 Å². The van der Waals surface area contributed by atoms with Crippen molar-refractivity contribution in [3.05, 3.63) is 22.6 Å². The van der Waals surface area contributed by atoms with Crippen LogP contribution >= 0.6 is 15.9 Å². The summed E-state index contributed by atoms with van der Waals surface area (Å²) < 4.78 is 6.40. The molecule has 2 nitrogen and oxygen atoms in total. The third-order valence-corrected chi connectivity index (χ3v) is 3.55. The standard InChI is InChI=1S/C11H14BrNO/c12-11-4-3-10(14-11)9-5-7(9)6-13-8-1-2-8/h3-4,7-9,13H,1-2,5-6H2. The van der Waals surface area contributed by atoms with Crippen LogP contribution in [0, 0.1) is 5.92 Å². The molecule has 2 atom stereocenters. The van der Waals surface area contributed by atoms with E-state index in [-0.39, 0.29) is 0 Å². The van der Waals surface area contributed by atoms with Crippen molar-refractivity contribution < 1.29 is 4.42 Å². The molecule has 1 aromatic rings. The minimum absolute atomic E-state index is 0.674. The van der Waals surface area contributed by atoms with Crippen LogP contribution in [-0.2, 0) is 0 Å². The van der Waals surface area contributed by atoms with Crippen LogP contribution in [-0.4, -0.2) is 12.6 Å². The second-order valence-electron chi connectivity index (χ2n) is 4.43. The van der Waals surface area contributed by atoms with Crippen molar-refractivity contribution in [3.63, 3.8) is 0 Å². The molecule has 0 aliphatic heterocycles. The van der Waals surface area contributed by atoms with Gasteiger partial charge in [-0.05, 0) is 59.8 Å². The molecule has 3 heteroatoms. The molecule has 1 heterocycles. The molecule has 2 aliphatic rings. The van der Waals surface area contributed by atoms with E-state index in [1.807, 2.05) is 6.07 Å². The number of rotatable bonds is 4. The van der Waals surface area contributed by atoms with Crippen molar-refractivity contribution in [2.45, 2.75) is 31.2 Å². The van der Waals surface area contributed by atoms with Gasteiger partial charge in [0.15, 0.2) is 4.67 Å². The third-order valence-electron chi connectivity index (χ3n) is 3.13. The minimum Gasteiger partial charge on any atom is -0.454 e. The van der Waals surface area contributed by atoms with E-state index >= 15 is 0 Å². The Bertz CT molecular complexity index is 332. The van der Waals surface area contributed by atoms with Gasteiger partial charge in [-0.1, -0.05) is 0 Å². The van der Waals surface area contributed by atoms with Crippen LogP contribution in [0.3, 0.4) is 0 Å². The smallest absolute Gasteiger partial charge is 0.169 e. The Morgan fingerprint density at radius 1 is 1.43 bits per heavy atom. The normalized spacial score (nSPS) is 30.6. The van der Waals surface area contributed by atoms with Gasteiger partial charge in [-0.3, -0.25) is 0 Å². The molecule has 0 bridgehead atoms. The van der Waals surface area contributed by atoms with E-state index in [9.17, 15) is 0 Å². The highest BCUT2D eigenvalue weighted by molar-refractivity contribution is 9.10. The first kappa shape index (κ1) is 8.98. The van der Waals surface area contributed by atoms with E-state index in [0.29, 0.717) is 5.92 Å². The maximum Gasteiger partial charge on any atom is 0.169 e. The fourth-order valence-electron chi connectivity index (χ4n) is 1.95. The van der Waals surface area contributed by atoms with Crippen LogP contribution in [0.2, 0.25) is 0 Å². The van der Waals surface area contributed by atoms with E-state index < -0.39 is 0 Å². The highest BCUT2D eigenvalue weighted by Gasteiger charge is 2.41. The Morgan fingerprint density at radius 2 is 2.29 bits per heavy atom. The zero-order valence-corrected chi connectivity index (χ0v) is 9.59. The summed E-state index contributed by atoms with van der Waals surface area (Å²) in [5.74, 6) is 2.64. The molecule has 0 amide bonds. The lowest BCUT2D eigenvalue weighted by Gasteiger charge is -1.99. The average molecular weight is 256 g/mol. The Kier molecular flexibility index (Phi) is 2.17. The van der Waals surface area contributed by atoms with E-state index in [1.54, 1.807) is 0 Å². The monoisotopic (exact) mass is 255 g/mol. The van der Waals surface area contributed by atoms with Gasteiger partial charge in [-0.2, -0.15) is 0 Å². The van der Waals surface area contributed by atoms with Crippen LogP contribution in [0.1, 0.15) is 30.9 Å². The summed E-state index contributed by atoms with van der Waals surface area (Å²) in [6.45, 7) is 1.17. The summed E-state index contributed by atoms with van der Waals surface area (Å²) in [7, 11) is 0. The molecule has 76 valence electrons. The zero-order chi connectivity index (χ0) is 9.54. The predicted molar refractivity (Wildman–Crippen MR) is 58.3 cm³/mol. The lowest BCUT2D eigenvalue weighted by molar-refractivity contribution is 0.478. The van der Waals surface area contributed by atoms with Gasteiger partial charge in [0.1, 0.15) is 5.76 Å². The summed E-state index contributed by atoms with van der Waals surface area (Å²) in [6, 6.07) is 4.91. The van der Waals surface area contributed by atoms with Gasteiger partial charge in [0.05, 0.1) is 0 Å². The Labute approximate surface area is 92.2 Å². The predicted octanol–water partition coefficient (Wildman–Crippen LogP) is 2.90. The molecule has 0 radical (unpaired) electrons. The first-order valence-corrected chi connectivity index (χ1v) is 6.11. The summed E-state index contributed by atoms with van der Waals surface area (Å²) in [5, 5.41) is 3.57. The maximum atomic E-state index is 5.55. The van der Waals surface area contributed by atoms with Gasteiger partial charge in [-0.15, -0.1) is 0 Å². The Hall–Kier alpha value is -0.280. The first-order valence-electron chi connectivity index (χ1n) is 5.31. The molecule has 0 aromatic carbocycles. The molecular formula is C11H14BrNO. The van der Waals surface area contributed by atoms with Crippen LogP contribution < -0.4 is 5.32 Å². The maximum absolute atomic E-state index is 5.55. The molecule has 3 rings (SSSR count). The Balaban J connectivity index is 1.51. The average Bonchev–Trinajstić information content (AvgIpc) is 3.06. The number of halogens is 1. The van der Waals surface area contributed by atoms with Crippen LogP contribution in [0.5, 0.6) is 0 Å². The van der Waals surface area contributed by atoms with Crippen LogP contribution in [0.25, 0.3) is 0 Å². The largest absolute Gasteiger partial charge is 0.454 e. The summed E-state index contributed by atoms with van der Waals surface area (Å²) >= 11 is 3.34. The molecular weight excluding hydrogens is 242 g/mol. The van der Waals surface area contributed by atoms with Crippen molar-refractivity contribution in [2.24, 2.45) is 5.92 Å². The van der Waals surface area contributed by atoms with Gasteiger partial charge in [0.25, 0.3) is 0 Å². The molecule has 0 saturated heterocycles. The van der Waals surface area contributed by atoms with Crippen LogP contribution in [0.4, 0.5) is 0 Å². The number of hydrogen-bond acceptors (Lipinski definition) is 2. The minimum atomic E-state index is 0.674. The second kappa shape index (κ2) is 3.38. The lowest BCUT2D eigenvalue weighted by atomic mass is 10.2.